The molecule has 0 bridgehead atoms. The van der Waals surface area contributed by atoms with Crippen molar-refractivity contribution in [3.63, 3.8) is 0 Å². The molecule has 0 aliphatic carbocycles. The van der Waals surface area contributed by atoms with Crippen LogP contribution < -0.4 is 27.4 Å². The maximum Gasteiger partial charge on any atom is 0.326 e. The number of carbonyl (C=O) groups excluding carboxylic acids is 3. The van der Waals surface area contributed by atoms with Crippen LogP contribution in [0.2, 0.25) is 0 Å². The molecule has 0 fully saturated rings. The van der Waals surface area contributed by atoms with Gasteiger partial charge in [-0.15, -0.1) is 0 Å². The van der Waals surface area contributed by atoms with Crippen LogP contribution in [0.1, 0.15) is 50.7 Å². The van der Waals surface area contributed by atoms with E-state index >= 15 is 0 Å². The van der Waals surface area contributed by atoms with E-state index in [1.165, 1.54) is 24.3 Å². The van der Waals surface area contributed by atoms with Crippen LogP contribution in [0.3, 0.4) is 0 Å². The Kier molecular flexibility index (Phi) is 13.7. The third-order valence-electron chi connectivity index (χ3n) is 7.14. The minimum Gasteiger partial charge on any atom is -0.508 e. The van der Waals surface area contributed by atoms with E-state index in [2.05, 4.69) is 16.0 Å². The van der Waals surface area contributed by atoms with Crippen molar-refractivity contribution in [2.75, 3.05) is 6.54 Å². The molecule has 0 radical (unpaired) electrons. The van der Waals surface area contributed by atoms with Gasteiger partial charge in [0, 0.05) is 12.8 Å². The third-order valence-corrected chi connectivity index (χ3v) is 7.14. The summed E-state index contributed by atoms with van der Waals surface area (Å²) in [7, 11) is 0. The standard InChI is InChI=1S/C30H43N5O7/c1-3-18(2)26(32)29(40)33-23(6-4-5-15-31)27(38)34-24(16-19-7-11-21(36)12-8-19)28(39)35-25(30(41)42)17-20-9-13-22(37)14-10-20/h7-14,18,23-26,36-37H,3-6,15-17,31-32H2,1-2H3,(H,33,40)(H,34,38)(H,35,39)(H,41,42). The molecule has 2 aromatic carbocycles. The number of phenols is 2. The number of hydrogen-bond donors (Lipinski definition) is 8. The van der Waals surface area contributed by atoms with Gasteiger partial charge in [-0.3, -0.25) is 14.4 Å². The molecule has 0 saturated carbocycles. The number of hydrogen-bond acceptors (Lipinski definition) is 8. The molecule has 230 valence electrons. The number of nitrogens with two attached hydrogens (primary N) is 2. The Morgan fingerprint density at radius 3 is 1.67 bits per heavy atom. The van der Waals surface area contributed by atoms with E-state index in [4.69, 9.17) is 11.5 Å². The second kappa shape index (κ2) is 16.9. The molecule has 5 atom stereocenters. The van der Waals surface area contributed by atoms with Crippen LogP contribution in [0.5, 0.6) is 11.5 Å². The van der Waals surface area contributed by atoms with Crippen LogP contribution >= 0.6 is 0 Å². The molecule has 5 unspecified atom stereocenters. The molecular weight excluding hydrogens is 542 g/mol. The summed E-state index contributed by atoms with van der Waals surface area (Å²) in [5.41, 5.74) is 12.9. The molecule has 3 amide bonds. The van der Waals surface area contributed by atoms with Gasteiger partial charge in [-0.1, -0.05) is 44.5 Å². The van der Waals surface area contributed by atoms with Gasteiger partial charge < -0.3 is 42.7 Å². The number of carboxylic acid groups (broad SMARTS) is 1. The number of aromatic hydroxyl groups is 2. The molecule has 10 N–H and O–H groups in total. The first-order valence-corrected chi connectivity index (χ1v) is 14.1. The van der Waals surface area contributed by atoms with Gasteiger partial charge in [-0.2, -0.15) is 0 Å². The summed E-state index contributed by atoms with van der Waals surface area (Å²) in [6.45, 7) is 4.14. The Hall–Kier alpha value is -4.16. The van der Waals surface area contributed by atoms with Crippen LogP contribution in [0.4, 0.5) is 0 Å². The van der Waals surface area contributed by atoms with Crippen LogP contribution in [0.25, 0.3) is 0 Å². The maximum absolute atomic E-state index is 13.5. The van der Waals surface area contributed by atoms with E-state index in [0.29, 0.717) is 36.9 Å². The molecule has 12 nitrogen and oxygen atoms in total. The average molecular weight is 586 g/mol. The SMILES string of the molecule is CCC(C)C(N)C(=O)NC(CCCCN)C(=O)NC(Cc1ccc(O)cc1)C(=O)NC(Cc1ccc(O)cc1)C(=O)O. The maximum atomic E-state index is 13.5. The first kappa shape index (κ1) is 34.0. The largest absolute Gasteiger partial charge is 0.508 e. The van der Waals surface area contributed by atoms with Crippen LogP contribution in [-0.2, 0) is 32.0 Å². The molecule has 0 heterocycles. The number of nitrogens with one attached hydrogen (secondary N) is 3. The van der Waals surface area contributed by atoms with Crippen molar-refractivity contribution in [3.8, 4) is 11.5 Å². The fourth-order valence-electron chi connectivity index (χ4n) is 4.23. The summed E-state index contributed by atoms with van der Waals surface area (Å²) >= 11 is 0. The zero-order chi connectivity index (χ0) is 31.2. The highest BCUT2D eigenvalue weighted by Crippen LogP contribution is 2.14. The van der Waals surface area contributed by atoms with E-state index in [9.17, 15) is 34.5 Å². The van der Waals surface area contributed by atoms with Gasteiger partial charge >= 0.3 is 5.97 Å². The van der Waals surface area contributed by atoms with Gasteiger partial charge in [-0.25, -0.2) is 4.79 Å². The van der Waals surface area contributed by atoms with Crippen molar-refractivity contribution in [3.05, 3.63) is 59.7 Å². The highest BCUT2D eigenvalue weighted by atomic mass is 16.4. The number of rotatable bonds is 17. The van der Waals surface area contributed by atoms with Crippen LogP contribution in [0, 0.1) is 5.92 Å². The third kappa shape index (κ3) is 11.0. The van der Waals surface area contributed by atoms with Gasteiger partial charge in [0.2, 0.25) is 17.7 Å². The molecule has 2 rings (SSSR count). The van der Waals surface area contributed by atoms with Crippen molar-refractivity contribution in [1.29, 1.82) is 0 Å². The van der Waals surface area contributed by atoms with E-state index in [0.717, 1.165) is 0 Å². The lowest BCUT2D eigenvalue weighted by Crippen LogP contribution is -2.58. The van der Waals surface area contributed by atoms with Crippen molar-refractivity contribution in [2.45, 2.75) is 76.5 Å². The average Bonchev–Trinajstić information content (AvgIpc) is 2.97. The molecule has 12 heteroatoms. The Balaban J connectivity index is 2.28. The number of amides is 3. The summed E-state index contributed by atoms with van der Waals surface area (Å²) in [6.07, 6.45) is 2.00. The quantitative estimate of drug-likeness (QED) is 0.124. The van der Waals surface area contributed by atoms with Crippen LogP contribution in [0.15, 0.2) is 48.5 Å². The zero-order valence-corrected chi connectivity index (χ0v) is 24.1. The monoisotopic (exact) mass is 585 g/mol. The van der Waals surface area contributed by atoms with Crippen molar-refractivity contribution in [2.24, 2.45) is 17.4 Å². The van der Waals surface area contributed by atoms with E-state index in [-0.39, 0.29) is 36.7 Å². The van der Waals surface area contributed by atoms with Crippen LogP contribution in [-0.4, -0.2) is 69.7 Å². The number of aliphatic carboxylic acids is 1. The summed E-state index contributed by atoms with van der Waals surface area (Å²) in [5, 5.41) is 36.9. The van der Waals surface area contributed by atoms with Crippen molar-refractivity contribution < 1.29 is 34.5 Å². The molecule has 42 heavy (non-hydrogen) atoms. The first-order valence-electron chi connectivity index (χ1n) is 14.1. The number of phenolic OH excluding ortho intramolecular Hbond substituents is 2. The second-order valence-electron chi connectivity index (χ2n) is 10.5. The molecule has 0 aliphatic heterocycles. The Labute approximate surface area is 245 Å². The minimum atomic E-state index is -1.32. The highest BCUT2D eigenvalue weighted by molar-refractivity contribution is 5.94. The topological polar surface area (TPSA) is 217 Å². The van der Waals surface area contributed by atoms with E-state index in [1.807, 2.05) is 13.8 Å². The molecular formula is C30H43N5O7. The van der Waals surface area contributed by atoms with Gasteiger partial charge in [0.15, 0.2) is 0 Å². The number of unbranched alkanes of at least 4 members (excludes halogenated alkanes) is 1. The number of benzene rings is 2. The zero-order valence-electron chi connectivity index (χ0n) is 24.1. The fraction of sp³-hybridized carbons (Fsp3) is 0.467. The Morgan fingerprint density at radius 1 is 0.738 bits per heavy atom. The smallest absolute Gasteiger partial charge is 0.326 e. The lowest BCUT2D eigenvalue weighted by atomic mass is 9.98. The summed E-state index contributed by atoms with van der Waals surface area (Å²) < 4.78 is 0. The van der Waals surface area contributed by atoms with Crippen molar-refractivity contribution >= 4 is 23.7 Å². The van der Waals surface area contributed by atoms with E-state index < -0.39 is 47.9 Å². The van der Waals surface area contributed by atoms with Gasteiger partial charge in [0.1, 0.15) is 29.6 Å². The number of carboxylic acids is 1. The van der Waals surface area contributed by atoms with Gasteiger partial charge in [0.25, 0.3) is 0 Å². The predicted octanol–water partition coefficient (Wildman–Crippen LogP) is 0.924. The Morgan fingerprint density at radius 2 is 1.19 bits per heavy atom. The predicted molar refractivity (Wildman–Crippen MR) is 157 cm³/mol. The molecule has 0 aromatic heterocycles. The van der Waals surface area contributed by atoms with E-state index in [1.54, 1.807) is 24.3 Å². The molecule has 0 spiro atoms. The first-order chi connectivity index (χ1) is 19.9. The minimum absolute atomic E-state index is 0.0146. The lowest BCUT2D eigenvalue weighted by molar-refractivity contribution is -0.142. The van der Waals surface area contributed by atoms with Crippen molar-refractivity contribution in [1.82, 2.24) is 16.0 Å². The summed E-state index contributed by atoms with van der Waals surface area (Å²) in [5.74, 6) is -3.22. The molecule has 0 aliphatic rings. The highest BCUT2D eigenvalue weighted by Gasteiger charge is 2.31. The lowest BCUT2D eigenvalue weighted by Gasteiger charge is -2.26. The summed E-state index contributed by atoms with van der Waals surface area (Å²) in [6, 6.07) is 7.59. The normalized spacial score (nSPS) is 14.6. The van der Waals surface area contributed by atoms with Gasteiger partial charge in [-0.05, 0) is 67.1 Å². The second-order valence-corrected chi connectivity index (χ2v) is 10.5. The Bertz CT molecular complexity index is 1170. The summed E-state index contributed by atoms with van der Waals surface area (Å²) in [4.78, 5) is 51.8. The van der Waals surface area contributed by atoms with Gasteiger partial charge in [0.05, 0.1) is 6.04 Å². The number of carbonyl (C=O) groups is 4. The molecule has 2 aromatic rings. The molecule has 0 saturated heterocycles. The fourth-order valence-corrected chi connectivity index (χ4v) is 4.23.